The van der Waals surface area contributed by atoms with E-state index in [2.05, 4.69) is 19.1 Å². The summed E-state index contributed by atoms with van der Waals surface area (Å²) in [6.45, 7) is 2.07. The third-order valence-electron chi connectivity index (χ3n) is 3.92. The van der Waals surface area contributed by atoms with Gasteiger partial charge in [0, 0.05) is 0 Å². The van der Waals surface area contributed by atoms with Gasteiger partial charge < -0.3 is 0 Å². The number of hydrogen-bond donors (Lipinski definition) is 1. The molecule has 1 N–H and O–H groups in total. The molecule has 0 saturated heterocycles. The number of rotatable bonds is 3. The summed E-state index contributed by atoms with van der Waals surface area (Å²) < 4.78 is 0. The van der Waals surface area contributed by atoms with Crippen molar-refractivity contribution in [2.24, 2.45) is 0 Å². The zero-order valence-corrected chi connectivity index (χ0v) is 13.0. The molecule has 106 valence electrons. The number of aryl methyl sites for hydroxylation is 1. The normalized spacial score (nSPS) is 12.1. The molecule has 0 aliphatic heterocycles. The Labute approximate surface area is 126 Å². The molecule has 0 spiro atoms. The van der Waals surface area contributed by atoms with E-state index in [9.17, 15) is 4.89 Å². The summed E-state index contributed by atoms with van der Waals surface area (Å²) in [6.07, 6.45) is 0. The molecular weight excluding hydrogens is 275 g/mol. The van der Waals surface area contributed by atoms with Crippen LogP contribution in [0.1, 0.15) is 5.56 Å². The van der Waals surface area contributed by atoms with Gasteiger partial charge in [-0.25, -0.2) is 0 Å². The monoisotopic (exact) mass is 294 g/mol. The van der Waals surface area contributed by atoms with Gasteiger partial charge in [0.1, 0.15) is 0 Å². The summed E-state index contributed by atoms with van der Waals surface area (Å²) in [5, 5.41) is 3.10. The standard InChI is InChI=1S/C19H19OP/c1-16-10-8-9-15-19(16)21(20,17-11-4-2-5-12-17)18-13-6-3-7-14-18/h2-15,20-21H,1H3. The van der Waals surface area contributed by atoms with Gasteiger partial charge in [-0.15, -0.1) is 0 Å². The van der Waals surface area contributed by atoms with Crippen molar-refractivity contribution in [1.29, 1.82) is 0 Å². The first-order valence-electron chi connectivity index (χ1n) is 7.12. The molecule has 0 heterocycles. The van der Waals surface area contributed by atoms with Crippen molar-refractivity contribution in [3.05, 3.63) is 90.5 Å². The molecule has 0 atom stereocenters. The van der Waals surface area contributed by atoms with Crippen LogP contribution in [0.25, 0.3) is 0 Å². The Morgan fingerprint density at radius 1 is 0.619 bits per heavy atom. The van der Waals surface area contributed by atoms with Crippen LogP contribution < -0.4 is 15.9 Å². The SMILES string of the molecule is Cc1ccccc1[PH](O)(c1ccccc1)c1ccccc1. The fraction of sp³-hybridized carbons (Fsp3) is 0.0526. The molecule has 3 aromatic rings. The molecule has 0 bridgehead atoms. The Morgan fingerprint density at radius 2 is 1.05 bits per heavy atom. The van der Waals surface area contributed by atoms with Gasteiger partial charge in [-0.3, -0.25) is 0 Å². The van der Waals surface area contributed by atoms with Gasteiger partial charge in [-0.05, 0) is 0 Å². The molecule has 0 aliphatic carbocycles. The zero-order valence-electron chi connectivity index (χ0n) is 12.0. The van der Waals surface area contributed by atoms with Gasteiger partial charge in [0.05, 0.1) is 0 Å². The van der Waals surface area contributed by atoms with Crippen LogP contribution in [0.2, 0.25) is 0 Å². The van der Waals surface area contributed by atoms with E-state index in [1.165, 1.54) is 0 Å². The summed E-state index contributed by atoms with van der Waals surface area (Å²) >= 11 is 0. The third kappa shape index (κ3) is 2.51. The number of benzene rings is 3. The van der Waals surface area contributed by atoms with E-state index in [0.717, 1.165) is 21.5 Å². The first kappa shape index (κ1) is 14.0. The van der Waals surface area contributed by atoms with Crippen molar-refractivity contribution in [2.75, 3.05) is 0 Å². The maximum atomic E-state index is 11.7. The minimum absolute atomic E-state index is 1.02. The maximum absolute atomic E-state index is 11.7. The minimum atomic E-state index is -2.92. The Bertz CT molecular complexity index is 683. The van der Waals surface area contributed by atoms with Crippen LogP contribution in [-0.4, -0.2) is 4.89 Å². The molecule has 2 heteroatoms. The second-order valence-corrected chi connectivity index (χ2v) is 8.37. The molecular formula is C19H19OP. The Balaban J connectivity index is 2.29. The molecule has 1 nitrogen and oxygen atoms in total. The third-order valence-corrected chi connectivity index (χ3v) is 7.60. The fourth-order valence-electron chi connectivity index (χ4n) is 2.82. The molecule has 0 amide bonds. The van der Waals surface area contributed by atoms with Crippen molar-refractivity contribution in [2.45, 2.75) is 6.92 Å². The zero-order chi connectivity index (χ0) is 14.7. The molecule has 3 rings (SSSR count). The van der Waals surface area contributed by atoms with Crippen LogP contribution in [-0.2, 0) is 0 Å². The van der Waals surface area contributed by atoms with E-state index in [-0.39, 0.29) is 0 Å². The van der Waals surface area contributed by atoms with Crippen molar-refractivity contribution >= 4 is 23.4 Å². The molecule has 3 aromatic carbocycles. The van der Waals surface area contributed by atoms with Crippen molar-refractivity contribution in [3.8, 4) is 0 Å². The summed E-state index contributed by atoms with van der Waals surface area (Å²) in [6, 6.07) is 28.2. The van der Waals surface area contributed by atoms with Gasteiger partial charge in [0.25, 0.3) is 0 Å². The molecule has 0 aliphatic rings. The average molecular weight is 294 g/mol. The van der Waals surface area contributed by atoms with Gasteiger partial charge >= 0.3 is 126 Å². The van der Waals surface area contributed by atoms with Gasteiger partial charge in [-0.1, -0.05) is 0 Å². The topological polar surface area (TPSA) is 20.2 Å². The first-order chi connectivity index (χ1) is 10.2. The summed E-state index contributed by atoms with van der Waals surface area (Å²) in [5.74, 6) is 0. The van der Waals surface area contributed by atoms with Crippen molar-refractivity contribution < 1.29 is 4.89 Å². The summed E-state index contributed by atoms with van der Waals surface area (Å²) in [7, 11) is -2.92. The molecule has 0 saturated carbocycles. The van der Waals surface area contributed by atoms with E-state index in [0.29, 0.717) is 0 Å². The van der Waals surface area contributed by atoms with Crippen LogP contribution in [0.3, 0.4) is 0 Å². The Morgan fingerprint density at radius 3 is 1.52 bits per heavy atom. The predicted octanol–water partition coefficient (Wildman–Crippen LogP) is 2.93. The first-order valence-corrected chi connectivity index (χ1v) is 9.07. The fourth-order valence-corrected chi connectivity index (χ4v) is 6.11. The van der Waals surface area contributed by atoms with Gasteiger partial charge in [0.2, 0.25) is 0 Å². The Kier molecular flexibility index (Phi) is 3.88. The van der Waals surface area contributed by atoms with Crippen LogP contribution >= 0.6 is 7.49 Å². The van der Waals surface area contributed by atoms with E-state index in [4.69, 9.17) is 0 Å². The van der Waals surface area contributed by atoms with Crippen LogP contribution in [0, 0.1) is 6.92 Å². The van der Waals surface area contributed by atoms with Crippen molar-refractivity contribution in [3.63, 3.8) is 0 Å². The molecule has 0 aromatic heterocycles. The van der Waals surface area contributed by atoms with Gasteiger partial charge in [0.15, 0.2) is 0 Å². The quantitative estimate of drug-likeness (QED) is 0.736. The second kappa shape index (κ2) is 5.81. The summed E-state index contributed by atoms with van der Waals surface area (Å²) in [5.41, 5.74) is 1.14. The van der Waals surface area contributed by atoms with E-state index < -0.39 is 7.49 Å². The van der Waals surface area contributed by atoms with Gasteiger partial charge in [-0.2, -0.15) is 0 Å². The predicted molar refractivity (Wildman–Crippen MR) is 93.5 cm³/mol. The van der Waals surface area contributed by atoms with Crippen LogP contribution in [0.4, 0.5) is 0 Å². The number of hydrogen-bond acceptors (Lipinski definition) is 1. The molecule has 0 fully saturated rings. The van der Waals surface area contributed by atoms with Crippen LogP contribution in [0.5, 0.6) is 0 Å². The molecule has 21 heavy (non-hydrogen) atoms. The average Bonchev–Trinajstić information content (AvgIpc) is 2.56. The Hall–Kier alpha value is -1.95. The van der Waals surface area contributed by atoms with Crippen LogP contribution in [0.15, 0.2) is 84.9 Å². The molecule has 0 unspecified atom stereocenters. The van der Waals surface area contributed by atoms with Crippen molar-refractivity contribution in [1.82, 2.24) is 0 Å². The van der Waals surface area contributed by atoms with E-state index in [1.54, 1.807) is 0 Å². The summed E-state index contributed by atoms with van der Waals surface area (Å²) in [4.78, 5) is 11.7. The molecule has 0 radical (unpaired) electrons. The second-order valence-electron chi connectivity index (χ2n) is 5.26. The van der Waals surface area contributed by atoms with E-state index >= 15 is 0 Å². The van der Waals surface area contributed by atoms with E-state index in [1.807, 2.05) is 72.8 Å².